The van der Waals surface area contributed by atoms with E-state index in [1.807, 2.05) is 37.2 Å². The fraction of sp³-hybridized carbons (Fsp3) is 0.125. The number of carbonyl (C=O) groups is 2. The largest absolute Gasteiger partial charge is 0.411 e. The summed E-state index contributed by atoms with van der Waals surface area (Å²) >= 11 is 0. The Bertz CT molecular complexity index is 681. The highest BCUT2D eigenvalue weighted by molar-refractivity contribution is 6.08. The molecule has 3 N–H and O–H groups in total. The molecule has 6 heteroatoms. The van der Waals surface area contributed by atoms with Gasteiger partial charge in [0.15, 0.2) is 0 Å². The van der Waals surface area contributed by atoms with Gasteiger partial charge in [0, 0.05) is 25.5 Å². The zero-order valence-corrected chi connectivity index (χ0v) is 12.4. The van der Waals surface area contributed by atoms with E-state index in [2.05, 4.69) is 5.32 Å². The van der Waals surface area contributed by atoms with Crippen molar-refractivity contribution in [2.45, 2.75) is 0 Å². The van der Waals surface area contributed by atoms with Gasteiger partial charge in [0.1, 0.15) is 5.75 Å². The monoisotopic (exact) mass is 299 g/mol. The Morgan fingerprint density at radius 2 is 1.68 bits per heavy atom. The number of benzene rings is 2. The molecule has 0 saturated carbocycles. The number of para-hydroxylation sites is 1. The molecule has 2 aromatic rings. The number of amides is 2. The third-order valence-electron chi connectivity index (χ3n) is 2.96. The van der Waals surface area contributed by atoms with Gasteiger partial charge in [-0.15, -0.1) is 0 Å². The quantitative estimate of drug-likeness (QED) is 0.908. The van der Waals surface area contributed by atoms with E-state index in [9.17, 15) is 9.59 Å². The highest BCUT2D eigenvalue weighted by atomic mass is 16.5. The van der Waals surface area contributed by atoms with Crippen LogP contribution in [0.5, 0.6) is 5.75 Å². The van der Waals surface area contributed by atoms with Crippen LogP contribution in [-0.4, -0.2) is 26.1 Å². The van der Waals surface area contributed by atoms with E-state index in [0.717, 1.165) is 5.69 Å². The zero-order chi connectivity index (χ0) is 16.1. The van der Waals surface area contributed by atoms with Crippen LogP contribution in [0.1, 0.15) is 10.4 Å². The van der Waals surface area contributed by atoms with Crippen LogP contribution < -0.4 is 20.7 Å². The van der Waals surface area contributed by atoms with Crippen molar-refractivity contribution in [2.24, 2.45) is 5.73 Å². The van der Waals surface area contributed by atoms with Crippen LogP contribution in [0.3, 0.4) is 0 Å². The van der Waals surface area contributed by atoms with Crippen molar-refractivity contribution in [3.8, 4) is 5.75 Å². The van der Waals surface area contributed by atoms with E-state index >= 15 is 0 Å². The highest BCUT2D eigenvalue weighted by Crippen LogP contribution is 2.21. The fourth-order valence-electron chi connectivity index (χ4n) is 1.98. The van der Waals surface area contributed by atoms with E-state index in [4.69, 9.17) is 10.5 Å². The standard InChI is InChI=1S/C16H17N3O3/c1-19(2)14-6-4-3-5-13(14)15(20)18-11-7-9-12(10-8-11)22-16(17)21/h3-10H,1-2H3,(H2,17,21)(H,18,20). The summed E-state index contributed by atoms with van der Waals surface area (Å²) in [7, 11) is 3.75. The number of ether oxygens (including phenoxy) is 1. The Morgan fingerprint density at radius 3 is 2.27 bits per heavy atom. The normalized spacial score (nSPS) is 9.91. The molecular weight excluding hydrogens is 282 g/mol. The van der Waals surface area contributed by atoms with Gasteiger partial charge in [0.2, 0.25) is 0 Å². The first-order chi connectivity index (χ1) is 10.5. The van der Waals surface area contributed by atoms with Crippen molar-refractivity contribution >= 4 is 23.4 Å². The van der Waals surface area contributed by atoms with E-state index in [1.54, 1.807) is 30.3 Å². The number of hydrogen-bond acceptors (Lipinski definition) is 4. The second-order valence-corrected chi connectivity index (χ2v) is 4.81. The van der Waals surface area contributed by atoms with E-state index in [1.165, 1.54) is 0 Å². The SMILES string of the molecule is CN(C)c1ccccc1C(=O)Nc1ccc(OC(N)=O)cc1. The van der Waals surface area contributed by atoms with Crippen LogP contribution in [0.2, 0.25) is 0 Å². The minimum atomic E-state index is -0.878. The number of primary amides is 1. The summed E-state index contributed by atoms with van der Waals surface area (Å²) in [5.41, 5.74) is 6.92. The molecule has 2 aromatic carbocycles. The minimum absolute atomic E-state index is 0.215. The minimum Gasteiger partial charge on any atom is -0.411 e. The van der Waals surface area contributed by atoms with Crippen LogP contribution in [-0.2, 0) is 0 Å². The Balaban J connectivity index is 2.14. The topological polar surface area (TPSA) is 84.7 Å². The van der Waals surface area contributed by atoms with Gasteiger partial charge < -0.3 is 20.7 Å². The van der Waals surface area contributed by atoms with Crippen molar-refractivity contribution in [1.82, 2.24) is 0 Å². The Labute approximate surface area is 128 Å². The zero-order valence-electron chi connectivity index (χ0n) is 12.4. The Hall–Kier alpha value is -3.02. The molecule has 0 aliphatic rings. The lowest BCUT2D eigenvalue weighted by Gasteiger charge is -2.17. The second-order valence-electron chi connectivity index (χ2n) is 4.81. The molecule has 0 aliphatic heterocycles. The molecule has 0 heterocycles. The van der Waals surface area contributed by atoms with Crippen molar-refractivity contribution in [3.63, 3.8) is 0 Å². The van der Waals surface area contributed by atoms with Gasteiger partial charge in [-0.2, -0.15) is 0 Å². The number of nitrogens with one attached hydrogen (secondary N) is 1. The van der Waals surface area contributed by atoms with Crippen molar-refractivity contribution in [3.05, 3.63) is 54.1 Å². The molecule has 0 atom stereocenters. The summed E-state index contributed by atoms with van der Waals surface area (Å²) < 4.78 is 4.73. The van der Waals surface area contributed by atoms with Crippen molar-refractivity contribution in [1.29, 1.82) is 0 Å². The number of rotatable bonds is 4. The van der Waals surface area contributed by atoms with Gasteiger partial charge in [-0.3, -0.25) is 4.79 Å². The summed E-state index contributed by atoms with van der Waals surface area (Å²) in [5.74, 6) is 0.104. The summed E-state index contributed by atoms with van der Waals surface area (Å²) in [6, 6.07) is 13.7. The average Bonchev–Trinajstić information content (AvgIpc) is 2.48. The van der Waals surface area contributed by atoms with Crippen molar-refractivity contribution < 1.29 is 14.3 Å². The van der Waals surface area contributed by atoms with Crippen LogP contribution in [0.15, 0.2) is 48.5 Å². The molecule has 0 bridgehead atoms. The van der Waals surface area contributed by atoms with Gasteiger partial charge in [0.25, 0.3) is 5.91 Å². The van der Waals surface area contributed by atoms with Crippen LogP contribution in [0, 0.1) is 0 Å². The first-order valence-electron chi connectivity index (χ1n) is 6.62. The molecule has 2 amide bonds. The molecule has 0 fully saturated rings. The predicted molar refractivity (Wildman–Crippen MR) is 85.4 cm³/mol. The maximum atomic E-state index is 12.4. The Kier molecular flexibility index (Phi) is 4.63. The lowest BCUT2D eigenvalue weighted by atomic mass is 10.1. The lowest BCUT2D eigenvalue weighted by Crippen LogP contribution is -2.18. The van der Waals surface area contributed by atoms with E-state index in [-0.39, 0.29) is 5.91 Å². The maximum absolute atomic E-state index is 12.4. The summed E-state index contributed by atoms with van der Waals surface area (Å²) in [6.45, 7) is 0. The van der Waals surface area contributed by atoms with Gasteiger partial charge in [-0.1, -0.05) is 12.1 Å². The summed E-state index contributed by atoms with van der Waals surface area (Å²) in [4.78, 5) is 24.9. The number of carbonyl (C=O) groups excluding carboxylic acids is 2. The van der Waals surface area contributed by atoms with Gasteiger partial charge in [0.05, 0.1) is 5.56 Å². The number of hydrogen-bond donors (Lipinski definition) is 2. The smallest absolute Gasteiger partial charge is 0.409 e. The molecule has 0 aromatic heterocycles. The molecule has 0 aliphatic carbocycles. The van der Waals surface area contributed by atoms with Gasteiger partial charge in [-0.05, 0) is 36.4 Å². The first kappa shape index (κ1) is 15.4. The number of nitrogens with zero attached hydrogens (tertiary/aromatic N) is 1. The number of anilines is 2. The maximum Gasteiger partial charge on any atom is 0.409 e. The second kappa shape index (κ2) is 6.62. The summed E-state index contributed by atoms with van der Waals surface area (Å²) in [6.07, 6.45) is -0.878. The van der Waals surface area contributed by atoms with Crippen molar-refractivity contribution in [2.75, 3.05) is 24.3 Å². The molecule has 2 rings (SSSR count). The molecule has 6 nitrogen and oxygen atoms in total. The molecule has 22 heavy (non-hydrogen) atoms. The van der Waals surface area contributed by atoms with E-state index in [0.29, 0.717) is 17.0 Å². The average molecular weight is 299 g/mol. The third kappa shape index (κ3) is 3.76. The van der Waals surface area contributed by atoms with E-state index < -0.39 is 6.09 Å². The highest BCUT2D eigenvalue weighted by Gasteiger charge is 2.12. The van der Waals surface area contributed by atoms with Gasteiger partial charge >= 0.3 is 6.09 Å². The van der Waals surface area contributed by atoms with Crippen LogP contribution in [0.4, 0.5) is 16.2 Å². The van der Waals surface area contributed by atoms with Gasteiger partial charge in [-0.25, -0.2) is 4.79 Å². The molecular formula is C16H17N3O3. The van der Waals surface area contributed by atoms with Crippen LogP contribution in [0.25, 0.3) is 0 Å². The molecule has 0 spiro atoms. The Morgan fingerprint density at radius 1 is 1.05 bits per heavy atom. The predicted octanol–water partition coefficient (Wildman–Crippen LogP) is 2.46. The molecule has 0 unspecified atom stereocenters. The number of nitrogens with two attached hydrogens (primary N) is 1. The third-order valence-corrected chi connectivity index (χ3v) is 2.96. The van der Waals surface area contributed by atoms with Crippen LogP contribution >= 0.6 is 0 Å². The fourth-order valence-corrected chi connectivity index (χ4v) is 1.98. The molecule has 0 saturated heterocycles. The first-order valence-corrected chi connectivity index (χ1v) is 6.62. The molecule has 0 radical (unpaired) electrons. The lowest BCUT2D eigenvalue weighted by molar-refractivity contribution is 0.102. The molecule has 114 valence electrons. The summed E-state index contributed by atoms with van der Waals surface area (Å²) in [5, 5.41) is 2.80.